The van der Waals surface area contributed by atoms with Crippen LogP contribution >= 0.6 is 23.4 Å². The molecule has 1 atom stereocenters. The van der Waals surface area contributed by atoms with E-state index in [4.69, 9.17) is 11.6 Å². The summed E-state index contributed by atoms with van der Waals surface area (Å²) in [6.07, 6.45) is 0. The minimum atomic E-state index is -0.961. The van der Waals surface area contributed by atoms with Crippen LogP contribution in [0.15, 0.2) is 59.6 Å². The van der Waals surface area contributed by atoms with Crippen LogP contribution in [0.3, 0.4) is 0 Å². The first-order valence-electron chi connectivity index (χ1n) is 7.70. The second-order valence-corrected chi connectivity index (χ2v) is 6.78. The smallest absolute Gasteiger partial charge is 0.265 e. The Bertz CT molecular complexity index is 886. The van der Waals surface area contributed by atoms with E-state index in [1.165, 1.54) is 0 Å². The van der Waals surface area contributed by atoms with Gasteiger partial charge in [0.05, 0.1) is 16.5 Å². The van der Waals surface area contributed by atoms with Crippen molar-refractivity contribution in [3.05, 3.63) is 65.2 Å². The Kier molecular flexibility index (Phi) is 5.70. The molecule has 0 saturated carbocycles. The van der Waals surface area contributed by atoms with Crippen molar-refractivity contribution in [1.82, 2.24) is 5.32 Å². The fraction of sp³-hybridized carbons (Fsp3) is 0.111. The highest BCUT2D eigenvalue weighted by molar-refractivity contribution is 8.14. The number of benzene rings is 2. The van der Waals surface area contributed by atoms with Crippen LogP contribution < -0.4 is 10.6 Å². The SMILES string of the molecule is O=C(CSC1=NC(=O)C(c2ccccc2)C(=O)N1)Nc1ccccc1Cl. The highest BCUT2D eigenvalue weighted by Gasteiger charge is 2.33. The molecule has 3 rings (SSSR count). The first-order valence-corrected chi connectivity index (χ1v) is 9.06. The van der Waals surface area contributed by atoms with Gasteiger partial charge in [-0.3, -0.25) is 14.4 Å². The van der Waals surface area contributed by atoms with Gasteiger partial charge in [-0.05, 0) is 17.7 Å². The van der Waals surface area contributed by atoms with Crippen LogP contribution in [-0.4, -0.2) is 28.6 Å². The second kappa shape index (κ2) is 8.16. The number of para-hydroxylation sites is 1. The van der Waals surface area contributed by atoms with Gasteiger partial charge in [0.2, 0.25) is 11.8 Å². The van der Waals surface area contributed by atoms with Crippen molar-refractivity contribution in [2.75, 3.05) is 11.1 Å². The first kappa shape index (κ1) is 18.2. The van der Waals surface area contributed by atoms with Crippen molar-refractivity contribution >= 4 is 51.9 Å². The van der Waals surface area contributed by atoms with Crippen LogP contribution in [0, 0.1) is 0 Å². The van der Waals surface area contributed by atoms with Crippen LogP contribution in [0.2, 0.25) is 5.02 Å². The molecule has 2 N–H and O–H groups in total. The number of thioether (sulfide) groups is 1. The van der Waals surface area contributed by atoms with Crippen molar-refractivity contribution in [2.45, 2.75) is 5.92 Å². The summed E-state index contributed by atoms with van der Waals surface area (Å²) in [6.45, 7) is 0. The summed E-state index contributed by atoms with van der Waals surface area (Å²) < 4.78 is 0. The monoisotopic (exact) mass is 387 g/mol. The molecule has 1 aliphatic rings. The third-order valence-electron chi connectivity index (χ3n) is 3.57. The maximum Gasteiger partial charge on any atom is 0.265 e. The molecule has 1 heterocycles. The summed E-state index contributed by atoms with van der Waals surface area (Å²) in [4.78, 5) is 40.4. The molecule has 1 unspecified atom stereocenters. The van der Waals surface area contributed by atoms with Gasteiger partial charge < -0.3 is 10.6 Å². The Morgan fingerprint density at radius 3 is 2.50 bits per heavy atom. The number of carbonyl (C=O) groups is 3. The molecule has 132 valence electrons. The van der Waals surface area contributed by atoms with Crippen LogP contribution in [0.4, 0.5) is 5.69 Å². The topological polar surface area (TPSA) is 87.6 Å². The number of hydrogen-bond donors (Lipinski definition) is 2. The summed E-state index contributed by atoms with van der Waals surface area (Å²) >= 11 is 6.96. The number of halogens is 1. The third kappa shape index (κ3) is 4.30. The molecule has 0 spiro atoms. The lowest BCUT2D eigenvalue weighted by Gasteiger charge is -2.19. The first-order chi connectivity index (χ1) is 12.5. The van der Waals surface area contributed by atoms with Crippen LogP contribution in [0.1, 0.15) is 11.5 Å². The molecule has 8 heteroatoms. The Morgan fingerprint density at radius 1 is 1.12 bits per heavy atom. The highest BCUT2D eigenvalue weighted by atomic mass is 35.5. The molecule has 0 aliphatic carbocycles. The predicted octanol–water partition coefficient (Wildman–Crippen LogP) is 2.81. The molecule has 26 heavy (non-hydrogen) atoms. The molecular formula is C18H14ClN3O3S. The van der Waals surface area contributed by atoms with E-state index in [0.29, 0.717) is 16.3 Å². The number of anilines is 1. The van der Waals surface area contributed by atoms with E-state index in [9.17, 15) is 14.4 Å². The number of amides is 3. The van der Waals surface area contributed by atoms with E-state index in [1.54, 1.807) is 54.6 Å². The standard InChI is InChI=1S/C18H14ClN3O3S/c19-12-8-4-5-9-13(12)20-14(23)10-26-18-21-16(24)15(17(25)22-18)11-6-2-1-3-7-11/h1-9,15H,10H2,(H,20,23)(H,21,22,24,25). The number of amidine groups is 1. The molecule has 2 aromatic carbocycles. The Morgan fingerprint density at radius 2 is 1.81 bits per heavy atom. The van der Waals surface area contributed by atoms with Gasteiger partial charge in [0.25, 0.3) is 5.91 Å². The maximum absolute atomic E-state index is 12.3. The van der Waals surface area contributed by atoms with E-state index in [2.05, 4.69) is 15.6 Å². The zero-order chi connectivity index (χ0) is 18.5. The van der Waals surface area contributed by atoms with Crippen molar-refractivity contribution in [3.8, 4) is 0 Å². The molecule has 0 radical (unpaired) electrons. The minimum absolute atomic E-state index is 0.0202. The fourth-order valence-electron chi connectivity index (χ4n) is 2.37. The number of rotatable bonds is 4. The summed E-state index contributed by atoms with van der Waals surface area (Å²) in [5, 5.41) is 5.77. The summed E-state index contributed by atoms with van der Waals surface area (Å²) in [6, 6.07) is 15.6. The molecule has 0 bridgehead atoms. The van der Waals surface area contributed by atoms with E-state index in [-0.39, 0.29) is 16.8 Å². The van der Waals surface area contributed by atoms with Gasteiger partial charge in [-0.1, -0.05) is 65.8 Å². The molecule has 6 nitrogen and oxygen atoms in total. The zero-order valence-corrected chi connectivity index (χ0v) is 15.0. The Balaban J connectivity index is 1.61. The lowest BCUT2D eigenvalue weighted by molar-refractivity contribution is -0.129. The van der Waals surface area contributed by atoms with Crippen molar-refractivity contribution in [2.24, 2.45) is 4.99 Å². The van der Waals surface area contributed by atoms with Gasteiger partial charge >= 0.3 is 0 Å². The van der Waals surface area contributed by atoms with Gasteiger partial charge in [-0.15, -0.1) is 0 Å². The largest absolute Gasteiger partial charge is 0.324 e. The molecule has 3 amide bonds. The van der Waals surface area contributed by atoms with E-state index >= 15 is 0 Å². The van der Waals surface area contributed by atoms with Crippen molar-refractivity contribution in [3.63, 3.8) is 0 Å². The highest BCUT2D eigenvalue weighted by Crippen LogP contribution is 2.23. The van der Waals surface area contributed by atoms with E-state index in [0.717, 1.165) is 11.8 Å². The van der Waals surface area contributed by atoms with Crippen LogP contribution in [-0.2, 0) is 14.4 Å². The number of nitrogens with zero attached hydrogens (tertiary/aromatic N) is 1. The molecule has 0 saturated heterocycles. The van der Waals surface area contributed by atoms with Gasteiger partial charge in [-0.25, -0.2) is 0 Å². The molecule has 2 aromatic rings. The fourth-order valence-corrected chi connectivity index (χ4v) is 3.22. The quantitative estimate of drug-likeness (QED) is 0.789. The van der Waals surface area contributed by atoms with Crippen molar-refractivity contribution in [1.29, 1.82) is 0 Å². The molecule has 0 aromatic heterocycles. The minimum Gasteiger partial charge on any atom is -0.324 e. The number of hydrogen-bond acceptors (Lipinski definition) is 4. The lowest BCUT2D eigenvalue weighted by atomic mass is 9.97. The summed E-state index contributed by atoms with van der Waals surface area (Å²) in [7, 11) is 0. The van der Waals surface area contributed by atoms with Crippen LogP contribution in [0.25, 0.3) is 0 Å². The Labute approximate surface area is 159 Å². The van der Waals surface area contributed by atoms with Crippen LogP contribution in [0.5, 0.6) is 0 Å². The van der Waals surface area contributed by atoms with E-state index < -0.39 is 17.7 Å². The van der Waals surface area contributed by atoms with Gasteiger partial charge in [0.1, 0.15) is 5.92 Å². The number of aliphatic imine (C=N–C) groups is 1. The predicted molar refractivity (Wildman–Crippen MR) is 102 cm³/mol. The van der Waals surface area contributed by atoms with Gasteiger partial charge in [0.15, 0.2) is 5.17 Å². The Hall–Kier alpha value is -2.64. The summed E-state index contributed by atoms with van der Waals surface area (Å²) in [5.41, 5.74) is 1.08. The third-order valence-corrected chi connectivity index (χ3v) is 4.77. The summed E-state index contributed by atoms with van der Waals surface area (Å²) in [5.74, 6) is -2.30. The molecule has 0 fully saturated rings. The van der Waals surface area contributed by atoms with Gasteiger partial charge in [0, 0.05) is 0 Å². The number of nitrogens with one attached hydrogen (secondary N) is 2. The molecular weight excluding hydrogens is 374 g/mol. The normalized spacial score (nSPS) is 16.7. The van der Waals surface area contributed by atoms with Gasteiger partial charge in [-0.2, -0.15) is 4.99 Å². The van der Waals surface area contributed by atoms with Crippen molar-refractivity contribution < 1.29 is 14.4 Å². The zero-order valence-electron chi connectivity index (χ0n) is 13.4. The lowest BCUT2D eigenvalue weighted by Crippen LogP contribution is -2.41. The molecule has 1 aliphatic heterocycles. The maximum atomic E-state index is 12.3. The number of carbonyl (C=O) groups excluding carboxylic acids is 3. The average molecular weight is 388 g/mol. The second-order valence-electron chi connectivity index (χ2n) is 5.40. The van der Waals surface area contributed by atoms with E-state index in [1.807, 2.05) is 0 Å². The average Bonchev–Trinajstić information content (AvgIpc) is 2.62.